The summed E-state index contributed by atoms with van der Waals surface area (Å²) in [6, 6.07) is 2.34. The average molecular weight is 280 g/mol. The number of anilines is 1. The van der Waals surface area contributed by atoms with E-state index in [0.717, 1.165) is 18.7 Å². The quantitative estimate of drug-likeness (QED) is 0.805. The number of nitrogens with zero attached hydrogens (tertiary/aromatic N) is 4. The highest BCUT2D eigenvalue weighted by Gasteiger charge is 2.47. The lowest BCUT2D eigenvalue weighted by Crippen LogP contribution is -2.59. The summed E-state index contributed by atoms with van der Waals surface area (Å²) in [5.74, 6) is 0. The Hall–Kier alpha value is -1.84. The van der Waals surface area contributed by atoms with Crippen molar-refractivity contribution < 1.29 is 0 Å². The third-order valence-corrected chi connectivity index (χ3v) is 5.69. The molecule has 0 N–H and O–H groups in total. The molecule has 0 amide bonds. The molecule has 2 aromatic heterocycles. The zero-order valence-corrected chi connectivity index (χ0v) is 12.5. The van der Waals surface area contributed by atoms with E-state index in [4.69, 9.17) is 4.98 Å². The molecule has 4 heteroatoms. The van der Waals surface area contributed by atoms with Gasteiger partial charge in [-0.25, -0.2) is 4.98 Å². The van der Waals surface area contributed by atoms with Gasteiger partial charge >= 0.3 is 0 Å². The van der Waals surface area contributed by atoms with Crippen LogP contribution in [-0.4, -0.2) is 35.4 Å². The Balaban J connectivity index is 1.56. The van der Waals surface area contributed by atoms with Crippen LogP contribution >= 0.6 is 0 Å². The van der Waals surface area contributed by atoms with Gasteiger partial charge in [0.2, 0.25) is 0 Å². The molecule has 0 radical (unpaired) electrons. The van der Waals surface area contributed by atoms with Gasteiger partial charge < -0.3 is 9.47 Å². The number of rotatable bonds is 1. The monoisotopic (exact) mass is 280 g/mol. The summed E-state index contributed by atoms with van der Waals surface area (Å²) in [7, 11) is 0. The van der Waals surface area contributed by atoms with Crippen LogP contribution in [0.4, 0.5) is 5.69 Å². The van der Waals surface area contributed by atoms with E-state index in [0.29, 0.717) is 5.41 Å². The molecule has 4 nitrogen and oxygen atoms in total. The van der Waals surface area contributed by atoms with Crippen molar-refractivity contribution in [2.45, 2.75) is 32.7 Å². The third-order valence-electron chi connectivity index (χ3n) is 5.69. The summed E-state index contributed by atoms with van der Waals surface area (Å²) < 4.78 is 2.31. The van der Waals surface area contributed by atoms with Gasteiger partial charge in [0.25, 0.3) is 0 Å². The number of hydrogen-bond donors (Lipinski definition) is 0. The van der Waals surface area contributed by atoms with Crippen LogP contribution in [-0.2, 0) is 6.54 Å². The molecule has 1 saturated carbocycles. The Morgan fingerprint density at radius 2 is 2.10 bits per heavy atom. The largest absolute Gasteiger partial charge is 0.369 e. The fourth-order valence-corrected chi connectivity index (χ4v) is 4.21. The minimum absolute atomic E-state index is 0.663. The van der Waals surface area contributed by atoms with Gasteiger partial charge in [-0.15, -0.1) is 0 Å². The summed E-state index contributed by atoms with van der Waals surface area (Å²) in [6.07, 6.45) is 8.35. The molecule has 2 aliphatic heterocycles. The predicted octanol–water partition coefficient (Wildman–Crippen LogP) is 2.77. The van der Waals surface area contributed by atoms with Gasteiger partial charge in [0, 0.05) is 36.7 Å². The van der Waals surface area contributed by atoms with E-state index in [9.17, 15) is 0 Å². The maximum absolute atomic E-state index is 4.77. The van der Waals surface area contributed by atoms with Gasteiger partial charge in [0.1, 0.15) is 5.65 Å². The predicted molar refractivity (Wildman–Crippen MR) is 85.4 cm³/mol. The van der Waals surface area contributed by atoms with Crippen LogP contribution in [0.2, 0.25) is 0 Å². The highest BCUT2D eigenvalue weighted by atomic mass is 15.2. The summed E-state index contributed by atoms with van der Waals surface area (Å²) >= 11 is 0. The average Bonchev–Trinajstić information content (AvgIpc) is 2.70. The molecule has 0 unspecified atom stereocenters. The lowest BCUT2D eigenvalue weighted by atomic mass is 9.63. The Bertz CT molecular complexity index is 759. The summed E-state index contributed by atoms with van der Waals surface area (Å²) in [5, 5.41) is 1.30. The van der Waals surface area contributed by atoms with E-state index in [1.807, 2.05) is 6.21 Å². The lowest BCUT2D eigenvalue weighted by molar-refractivity contribution is 0.0904. The first kappa shape index (κ1) is 11.8. The fraction of sp³-hybridized carbons (Fsp3) is 0.529. The minimum Gasteiger partial charge on any atom is -0.369 e. The van der Waals surface area contributed by atoms with Crippen LogP contribution in [0, 0.1) is 12.3 Å². The minimum atomic E-state index is 0.663. The Morgan fingerprint density at radius 1 is 1.24 bits per heavy atom. The molecular weight excluding hydrogens is 260 g/mol. The molecule has 0 atom stereocenters. The van der Waals surface area contributed by atoms with E-state index in [-0.39, 0.29) is 0 Å². The van der Waals surface area contributed by atoms with Crippen LogP contribution in [0.5, 0.6) is 0 Å². The van der Waals surface area contributed by atoms with Gasteiger partial charge in [-0.1, -0.05) is 6.42 Å². The van der Waals surface area contributed by atoms with Crippen molar-refractivity contribution >= 4 is 22.9 Å². The molecule has 4 heterocycles. The van der Waals surface area contributed by atoms with Crippen LogP contribution in [0.3, 0.4) is 0 Å². The smallest absolute Gasteiger partial charge is 0.140 e. The Kier molecular flexibility index (Phi) is 2.17. The van der Waals surface area contributed by atoms with Crippen molar-refractivity contribution in [3.63, 3.8) is 0 Å². The lowest BCUT2D eigenvalue weighted by Gasteiger charge is -2.56. The molecule has 0 bridgehead atoms. The van der Waals surface area contributed by atoms with Crippen molar-refractivity contribution in [2.75, 3.05) is 24.5 Å². The molecule has 5 rings (SSSR count). The number of aromatic nitrogens is 2. The normalized spacial score (nSPS) is 22.2. The number of fused-ring (bicyclic) bond motifs is 3. The molecule has 1 aliphatic carbocycles. The van der Waals surface area contributed by atoms with Crippen molar-refractivity contribution in [2.24, 2.45) is 10.4 Å². The maximum Gasteiger partial charge on any atom is 0.140 e. The van der Waals surface area contributed by atoms with Crippen LogP contribution in [0.25, 0.3) is 11.0 Å². The molecule has 2 aromatic rings. The van der Waals surface area contributed by atoms with Gasteiger partial charge in [-0.2, -0.15) is 0 Å². The highest BCUT2D eigenvalue weighted by Crippen LogP contribution is 2.49. The number of aliphatic imine (C=N–C) groups is 1. The molecule has 2 fully saturated rings. The fourth-order valence-electron chi connectivity index (χ4n) is 4.21. The van der Waals surface area contributed by atoms with Crippen molar-refractivity contribution in [3.8, 4) is 0 Å². The zero-order chi connectivity index (χ0) is 14.0. The first-order chi connectivity index (χ1) is 10.3. The molecule has 108 valence electrons. The summed E-state index contributed by atoms with van der Waals surface area (Å²) in [4.78, 5) is 11.7. The van der Waals surface area contributed by atoms with E-state index < -0.39 is 0 Å². The van der Waals surface area contributed by atoms with Gasteiger partial charge in [-0.05, 0) is 31.4 Å². The van der Waals surface area contributed by atoms with Gasteiger partial charge in [-0.3, -0.25) is 4.99 Å². The van der Waals surface area contributed by atoms with E-state index >= 15 is 0 Å². The number of hydrogen-bond acceptors (Lipinski definition) is 3. The summed E-state index contributed by atoms with van der Waals surface area (Å²) in [6.45, 7) is 6.48. The van der Waals surface area contributed by atoms with E-state index in [2.05, 4.69) is 33.6 Å². The van der Waals surface area contributed by atoms with Crippen molar-refractivity contribution in [3.05, 3.63) is 23.5 Å². The number of pyridine rings is 1. The van der Waals surface area contributed by atoms with Crippen LogP contribution in [0.15, 0.2) is 17.3 Å². The zero-order valence-electron chi connectivity index (χ0n) is 12.5. The molecule has 1 saturated heterocycles. The standard InChI is InChI=1S/C17H20N4/c1-12-14-7-13(20-10-17(11-20)3-2-4-17)8-19-16(14)21-6-5-18-9-15(12)21/h7-9H,2-6,10-11H2,1H3. The number of aryl methyl sites for hydroxylation is 1. The van der Waals surface area contributed by atoms with Crippen molar-refractivity contribution in [1.82, 2.24) is 9.55 Å². The van der Waals surface area contributed by atoms with E-state index in [1.54, 1.807) is 0 Å². The highest BCUT2D eigenvalue weighted by molar-refractivity contribution is 5.94. The first-order valence-electron chi connectivity index (χ1n) is 7.99. The molecule has 21 heavy (non-hydrogen) atoms. The van der Waals surface area contributed by atoms with Gasteiger partial charge in [0.15, 0.2) is 0 Å². The third kappa shape index (κ3) is 1.50. The molecule has 1 spiro atoms. The molecule has 3 aliphatic rings. The second kappa shape index (κ2) is 3.87. The topological polar surface area (TPSA) is 33.4 Å². The SMILES string of the molecule is Cc1c2n(c3ncc(N4CC5(CCC5)C4)cc13)CCN=C2. The van der Waals surface area contributed by atoms with E-state index in [1.165, 1.54) is 54.7 Å². The first-order valence-corrected chi connectivity index (χ1v) is 7.99. The molecule has 0 aromatic carbocycles. The van der Waals surface area contributed by atoms with Gasteiger partial charge in [0.05, 0.1) is 24.1 Å². The van der Waals surface area contributed by atoms with Crippen LogP contribution < -0.4 is 4.90 Å². The van der Waals surface area contributed by atoms with Crippen molar-refractivity contribution in [1.29, 1.82) is 0 Å². The second-order valence-electron chi connectivity index (χ2n) is 6.97. The maximum atomic E-state index is 4.77. The molecular formula is C17H20N4. The Morgan fingerprint density at radius 3 is 2.86 bits per heavy atom. The summed E-state index contributed by atoms with van der Waals surface area (Å²) in [5.41, 5.74) is 5.64. The Labute approximate surface area is 124 Å². The second-order valence-corrected chi connectivity index (χ2v) is 6.97. The van der Waals surface area contributed by atoms with Crippen LogP contribution in [0.1, 0.15) is 30.5 Å².